The van der Waals surface area contributed by atoms with Gasteiger partial charge in [0, 0.05) is 18.3 Å². The first-order valence-corrected chi connectivity index (χ1v) is 8.80. The molecule has 0 saturated heterocycles. The molecule has 3 aromatic rings. The summed E-state index contributed by atoms with van der Waals surface area (Å²) in [5, 5.41) is 14.3. The van der Waals surface area contributed by atoms with E-state index in [2.05, 4.69) is 25.8 Å². The number of aromatic nitrogens is 3. The van der Waals surface area contributed by atoms with Gasteiger partial charge in [0.25, 0.3) is 0 Å². The number of hydrogen-bond donors (Lipinski definition) is 2. The smallest absolute Gasteiger partial charge is 0.244 e. The quantitative estimate of drug-likeness (QED) is 0.563. The van der Waals surface area contributed by atoms with Crippen molar-refractivity contribution in [1.29, 1.82) is 0 Å². The molecule has 0 aliphatic rings. The minimum Gasteiger partial charge on any atom is -0.493 e. The fourth-order valence-electron chi connectivity index (χ4n) is 2.67. The molecule has 0 atom stereocenters. The Morgan fingerprint density at radius 2 is 1.45 bits per heavy atom. The van der Waals surface area contributed by atoms with Gasteiger partial charge in [0.1, 0.15) is 0 Å². The third-order valence-corrected chi connectivity index (χ3v) is 4.11. The van der Waals surface area contributed by atoms with Gasteiger partial charge < -0.3 is 29.6 Å². The van der Waals surface area contributed by atoms with Crippen LogP contribution in [0.3, 0.4) is 0 Å². The average molecular weight is 397 g/mol. The van der Waals surface area contributed by atoms with Crippen LogP contribution >= 0.6 is 0 Å². The molecule has 0 aliphatic heterocycles. The standard InChI is InChI=1S/C20H23N5O4/c1-26-15-7-5-13(9-17(15)28-3)11-21-20-24-19(12-22-25-20)23-14-6-8-16(27-2)18(10-14)29-4/h5-10,12H,11H2,1-4H3,(H2,21,23,24,25). The highest BCUT2D eigenvalue weighted by molar-refractivity contribution is 5.61. The summed E-state index contributed by atoms with van der Waals surface area (Å²) >= 11 is 0. The largest absolute Gasteiger partial charge is 0.493 e. The molecular formula is C20H23N5O4. The van der Waals surface area contributed by atoms with Crippen molar-refractivity contribution >= 4 is 17.5 Å². The lowest BCUT2D eigenvalue weighted by Gasteiger charge is -2.12. The van der Waals surface area contributed by atoms with Gasteiger partial charge in [-0.05, 0) is 29.8 Å². The molecule has 0 fully saturated rings. The number of methoxy groups -OCH3 is 4. The minimum atomic E-state index is 0.394. The van der Waals surface area contributed by atoms with Crippen LogP contribution in [0.4, 0.5) is 17.5 Å². The Kier molecular flexibility index (Phi) is 6.51. The van der Waals surface area contributed by atoms with Gasteiger partial charge in [-0.1, -0.05) is 6.07 Å². The molecule has 152 valence electrons. The second-order valence-corrected chi connectivity index (χ2v) is 5.90. The number of nitrogens with zero attached hydrogens (tertiary/aromatic N) is 3. The Bertz CT molecular complexity index is 967. The van der Waals surface area contributed by atoms with Crippen molar-refractivity contribution in [3.63, 3.8) is 0 Å². The normalized spacial score (nSPS) is 10.2. The first-order valence-electron chi connectivity index (χ1n) is 8.80. The summed E-state index contributed by atoms with van der Waals surface area (Å²) in [7, 11) is 6.39. The lowest BCUT2D eigenvalue weighted by atomic mass is 10.2. The van der Waals surface area contributed by atoms with Crippen LogP contribution in [-0.4, -0.2) is 43.6 Å². The molecule has 0 aliphatic carbocycles. The van der Waals surface area contributed by atoms with Crippen LogP contribution in [0.5, 0.6) is 23.0 Å². The number of anilines is 3. The van der Waals surface area contributed by atoms with Crippen LogP contribution in [0.2, 0.25) is 0 Å². The van der Waals surface area contributed by atoms with Crippen LogP contribution in [0, 0.1) is 0 Å². The summed E-state index contributed by atoms with van der Waals surface area (Å²) in [5.41, 5.74) is 1.78. The molecule has 9 nitrogen and oxygen atoms in total. The van der Waals surface area contributed by atoms with E-state index < -0.39 is 0 Å². The van der Waals surface area contributed by atoms with Crippen LogP contribution in [0.1, 0.15) is 5.56 Å². The highest BCUT2D eigenvalue weighted by atomic mass is 16.5. The molecule has 9 heteroatoms. The molecule has 2 N–H and O–H groups in total. The van der Waals surface area contributed by atoms with E-state index in [9.17, 15) is 0 Å². The van der Waals surface area contributed by atoms with E-state index in [1.807, 2.05) is 36.4 Å². The van der Waals surface area contributed by atoms with Crippen LogP contribution < -0.4 is 29.6 Å². The molecule has 0 saturated carbocycles. The zero-order valence-electron chi connectivity index (χ0n) is 16.7. The SMILES string of the molecule is COc1ccc(CNc2nncc(Nc3ccc(OC)c(OC)c3)n2)cc1OC. The minimum absolute atomic E-state index is 0.394. The Labute approximate surface area is 169 Å². The third-order valence-electron chi connectivity index (χ3n) is 4.11. The molecule has 3 rings (SSSR count). The van der Waals surface area contributed by atoms with Gasteiger partial charge in [-0.2, -0.15) is 10.1 Å². The van der Waals surface area contributed by atoms with Crippen molar-refractivity contribution in [2.75, 3.05) is 39.1 Å². The number of rotatable bonds is 9. The second-order valence-electron chi connectivity index (χ2n) is 5.90. The highest BCUT2D eigenvalue weighted by Gasteiger charge is 2.08. The van der Waals surface area contributed by atoms with Crippen LogP contribution in [0.25, 0.3) is 0 Å². The van der Waals surface area contributed by atoms with Crippen molar-refractivity contribution in [2.24, 2.45) is 0 Å². The number of ether oxygens (including phenoxy) is 4. The predicted octanol–water partition coefficient (Wildman–Crippen LogP) is 3.26. The summed E-state index contributed by atoms with van der Waals surface area (Å²) in [6.07, 6.45) is 1.54. The Morgan fingerprint density at radius 1 is 0.793 bits per heavy atom. The van der Waals surface area contributed by atoms with Gasteiger partial charge in [0.05, 0.1) is 34.6 Å². The first kappa shape index (κ1) is 20.0. The van der Waals surface area contributed by atoms with Crippen molar-refractivity contribution in [1.82, 2.24) is 15.2 Å². The lowest BCUT2D eigenvalue weighted by Crippen LogP contribution is -2.06. The van der Waals surface area contributed by atoms with Gasteiger partial charge in [-0.3, -0.25) is 0 Å². The Morgan fingerprint density at radius 3 is 2.14 bits per heavy atom. The van der Waals surface area contributed by atoms with Gasteiger partial charge in [-0.25, -0.2) is 0 Å². The predicted molar refractivity (Wildman–Crippen MR) is 110 cm³/mol. The van der Waals surface area contributed by atoms with Crippen molar-refractivity contribution < 1.29 is 18.9 Å². The molecule has 0 amide bonds. The van der Waals surface area contributed by atoms with E-state index in [-0.39, 0.29) is 0 Å². The summed E-state index contributed by atoms with van der Waals surface area (Å²) in [4.78, 5) is 4.43. The van der Waals surface area contributed by atoms with Gasteiger partial charge in [0.2, 0.25) is 5.95 Å². The van der Waals surface area contributed by atoms with E-state index in [0.29, 0.717) is 41.3 Å². The molecule has 0 spiro atoms. The van der Waals surface area contributed by atoms with Crippen LogP contribution in [-0.2, 0) is 6.54 Å². The third kappa shape index (κ3) is 4.95. The summed E-state index contributed by atoms with van der Waals surface area (Å²) in [6.45, 7) is 0.502. The van der Waals surface area contributed by atoms with Crippen molar-refractivity contribution in [3.8, 4) is 23.0 Å². The zero-order valence-corrected chi connectivity index (χ0v) is 16.7. The molecular weight excluding hydrogens is 374 g/mol. The van der Waals surface area contributed by atoms with E-state index >= 15 is 0 Å². The Balaban J connectivity index is 1.68. The van der Waals surface area contributed by atoms with E-state index in [1.54, 1.807) is 28.4 Å². The molecule has 1 heterocycles. The number of hydrogen-bond acceptors (Lipinski definition) is 9. The Hall–Kier alpha value is -3.75. The van der Waals surface area contributed by atoms with Crippen molar-refractivity contribution in [3.05, 3.63) is 48.2 Å². The first-order chi connectivity index (χ1) is 14.2. The van der Waals surface area contributed by atoms with Crippen molar-refractivity contribution in [2.45, 2.75) is 6.54 Å². The molecule has 29 heavy (non-hydrogen) atoms. The summed E-state index contributed by atoms with van der Waals surface area (Å²) < 4.78 is 21.1. The van der Waals surface area contributed by atoms with Gasteiger partial charge >= 0.3 is 0 Å². The molecule has 0 bridgehead atoms. The molecule has 1 aromatic heterocycles. The second kappa shape index (κ2) is 9.45. The number of nitrogens with one attached hydrogen (secondary N) is 2. The van der Waals surface area contributed by atoms with Gasteiger partial charge in [0.15, 0.2) is 28.8 Å². The molecule has 0 unspecified atom stereocenters. The highest BCUT2D eigenvalue weighted by Crippen LogP contribution is 2.31. The average Bonchev–Trinajstić information content (AvgIpc) is 2.77. The maximum Gasteiger partial charge on any atom is 0.244 e. The number of benzene rings is 2. The van der Waals surface area contributed by atoms with E-state index in [4.69, 9.17) is 18.9 Å². The maximum atomic E-state index is 5.32. The van der Waals surface area contributed by atoms with E-state index in [0.717, 1.165) is 11.3 Å². The van der Waals surface area contributed by atoms with Crippen LogP contribution in [0.15, 0.2) is 42.6 Å². The maximum absolute atomic E-state index is 5.32. The summed E-state index contributed by atoms with van der Waals surface area (Å²) in [6, 6.07) is 11.2. The molecule has 2 aromatic carbocycles. The topological polar surface area (TPSA) is 99.7 Å². The molecule has 0 radical (unpaired) electrons. The summed E-state index contributed by atoms with van der Waals surface area (Å²) in [5.74, 6) is 3.54. The fraction of sp³-hybridized carbons (Fsp3) is 0.250. The van der Waals surface area contributed by atoms with Gasteiger partial charge in [-0.15, -0.1) is 5.10 Å². The monoisotopic (exact) mass is 397 g/mol. The lowest BCUT2D eigenvalue weighted by molar-refractivity contribution is 0.354. The zero-order chi connectivity index (χ0) is 20.6. The van der Waals surface area contributed by atoms with E-state index in [1.165, 1.54) is 6.20 Å². The fourth-order valence-corrected chi connectivity index (χ4v) is 2.67.